The van der Waals surface area contributed by atoms with Gasteiger partial charge in [0, 0.05) is 13.1 Å². The van der Waals surface area contributed by atoms with E-state index < -0.39 is 0 Å². The second kappa shape index (κ2) is 12.4. The second-order valence-corrected chi connectivity index (χ2v) is 7.13. The standard InChI is InChI=1S/C23H28N4O6/c1-30-19-6-4-3-5-18(19)25-23(29)16-33-20-8-7-17(13-21(20)31-2)14-24-26-22(28)15-27-9-11-32-12-10-27/h3-8,13-14H,9-12,15-16H2,1-2H3,(H,25,29)(H,26,28). The lowest BCUT2D eigenvalue weighted by molar-refractivity contribution is -0.123. The minimum absolute atomic E-state index is 0.193. The van der Waals surface area contributed by atoms with Gasteiger partial charge in [0.05, 0.1) is 45.9 Å². The quantitative estimate of drug-likeness (QED) is 0.412. The molecule has 0 radical (unpaired) electrons. The number of benzene rings is 2. The molecule has 1 aliphatic rings. The van der Waals surface area contributed by atoms with Crippen molar-refractivity contribution < 1.29 is 28.5 Å². The highest BCUT2D eigenvalue weighted by atomic mass is 16.5. The van der Waals surface area contributed by atoms with Gasteiger partial charge in [0.15, 0.2) is 18.1 Å². The van der Waals surface area contributed by atoms with Crippen molar-refractivity contribution in [1.82, 2.24) is 10.3 Å². The predicted octanol–water partition coefficient (Wildman–Crippen LogP) is 1.50. The van der Waals surface area contributed by atoms with Gasteiger partial charge >= 0.3 is 0 Å². The molecule has 10 nitrogen and oxygen atoms in total. The number of methoxy groups -OCH3 is 2. The Morgan fingerprint density at radius 3 is 2.55 bits per heavy atom. The topological polar surface area (TPSA) is 111 Å². The van der Waals surface area contributed by atoms with Crippen LogP contribution in [-0.2, 0) is 14.3 Å². The molecule has 0 aromatic heterocycles. The third-order valence-electron chi connectivity index (χ3n) is 4.80. The molecule has 0 bridgehead atoms. The van der Waals surface area contributed by atoms with Gasteiger partial charge in [-0.15, -0.1) is 0 Å². The van der Waals surface area contributed by atoms with Crippen LogP contribution in [0.4, 0.5) is 5.69 Å². The van der Waals surface area contributed by atoms with E-state index in [-0.39, 0.29) is 25.0 Å². The second-order valence-electron chi connectivity index (χ2n) is 7.13. The van der Waals surface area contributed by atoms with E-state index in [1.54, 1.807) is 36.4 Å². The van der Waals surface area contributed by atoms with Gasteiger partial charge in [-0.3, -0.25) is 14.5 Å². The maximum Gasteiger partial charge on any atom is 0.262 e. The van der Waals surface area contributed by atoms with E-state index in [0.717, 1.165) is 13.1 Å². The minimum atomic E-state index is -0.338. The minimum Gasteiger partial charge on any atom is -0.495 e. The first kappa shape index (κ1) is 24.0. The van der Waals surface area contributed by atoms with Gasteiger partial charge < -0.3 is 24.3 Å². The zero-order chi connectivity index (χ0) is 23.5. The third-order valence-corrected chi connectivity index (χ3v) is 4.80. The van der Waals surface area contributed by atoms with Crippen LogP contribution in [0.25, 0.3) is 0 Å². The molecule has 2 N–H and O–H groups in total. The fourth-order valence-corrected chi connectivity index (χ4v) is 3.14. The Morgan fingerprint density at radius 1 is 1.03 bits per heavy atom. The van der Waals surface area contributed by atoms with Crippen LogP contribution in [0.15, 0.2) is 47.6 Å². The van der Waals surface area contributed by atoms with E-state index in [1.165, 1.54) is 20.4 Å². The number of ether oxygens (including phenoxy) is 4. The van der Waals surface area contributed by atoms with Gasteiger partial charge in [0.1, 0.15) is 5.75 Å². The summed E-state index contributed by atoms with van der Waals surface area (Å²) in [6.07, 6.45) is 1.51. The Labute approximate surface area is 192 Å². The zero-order valence-electron chi connectivity index (χ0n) is 18.7. The first-order valence-electron chi connectivity index (χ1n) is 10.4. The number of morpholine rings is 1. The lowest BCUT2D eigenvalue weighted by Crippen LogP contribution is -2.42. The van der Waals surface area contributed by atoms with Crippen LogP contribution in [-0.4, -0.2) is 76.6 Å². The molecule has 1 fully saturated rings. The summed E-state index contributed by atoms with van der Waals surface area (Å²) in [5, 5.41) is 6.74. The molecule has 1 heterocycles. The number of hydrazone groups is 1. The highest BCUT2D eigenvalue weighted by Gasteiger charge is 2.14. The van der Waals surface area contributed by atoms with Crippen LogP contribution in [0, 0.1) is 0 Å². The number of carbonyl (C=O) groups is 2. The average Bonchev–Trinajstić information content (AvgIpc) is 2.84. The number of hydrogen-bond acceptors (Lipinski definition) is 8. The molecule has 10 heteroatoms. The Bertz CT molecular complexity index is 975. The summed E-state index contributed by atoms with van der Waals surface area (Å²) in [5.74, 6) is 0.866. The van der Waals surface area contributed by atoms with Crippen molar-refractivity contribution in [2.45, 2.75) is 0 Å². The van der Waals surface area contributed by atoms with Gasteiger partial charge in [-0.25, -0.2) is 5.43 Å². The van der Waals surface area contributed by atoms with E-state index >= 15 is 0 Å². The summed E-state index contributed by atoms with van der Waals surface area (Å²) in [6, 6.07) is 12.2. The lowest BCUT2D eigenvalue weighted by Gasteiger charge is -2.25. The summed E-state index contributed by atoms with van der Waals surface area (Å²) in [5.41, 5.74) is 3.77. The molecular formula is C23H28N4O6. The number of rotatable bonds is 10. The van der Waals surface area contributed by atoms with Crippen molar-refractivity contribution >= 4 is 23.7 Å². The Morgan fingerprint density at radius 2 is 1.79 bits per heavy atom. The van der Waals surface area contributed by atoms with Crippen LogP contribution < -0.4 is 25.0 Å². The molecule has 0 spiro atoms. The number of para-hydroxylation sites is 2. The number of nitrogens with zero attached hydrogens (tertiary/aromatic N) is 2. The SMILES string of the molecule is COc1ccccc1NC(=O)COc1ccc(C=NNC(=O)CN2CCOCC2)cc1OC. The molecule has 1 saturated heterocycles. The van der Waals surface area contributed by atoms with Crippen LogP contribution >= 0.6 is 0 Å². The van der Waals surface area contributed by atoms with E-state index in [1.807, 2.05) is 11.0 Å². The Balaban J connectivity index is 1.50. The molecule has 3 rings (SSSR count). The molecule has 1 aliphatic heterocycles. The molecule has 33 heavy (non-hydrogen) atoms. The van der Waals surface area contributed by atoms with Crippen molar-refractivity contribution in [3.05, 3.63) is 48.0 Å². The van der Waals surface area contributed by atoms with E-state index in [0.29, 0.717) is 41.7 Å². The third kappa shape index (κ3) is 7.48. The van der Waals surface area contributed by atoms with Crippen LogP contribution in [0.5, 0.6) is 17.2 Å². The van der Waals surface area contributed by atoms with Crippen molar-refractivity contribution in [3.63, 3.8) is 0 Å². The number of amides is 2. The molecule has 0 aliphatic carbocycles. The van der Waals surface area contributed by atoms with Crippen LogP contribution in [0.2, 0.25) is 0 Å². The summed E-state index contributed by atoms with van der Waals surface area (Å²) in [7, 11) is 3.04. The summed E-state index contributed by atoms with van der Waals surface area (Å²) in [4.78, 5) is 26.3. The average molecular weight is 456 g/mol. The smallest absolute Gasteiger partial charge is 0.262 e. The summed E-state index contributed by atoms with van der Waals surface area (Å²) in [6.45, 7) is 2.78. The number of nitrogens with one attached hydrogen (secondary N) is 2. The van der Waals surface area contributed by atoms with Gasteiger partial charge in [-0.2, -0.15) is 5.10 Å². The Kier molecular flexibility index (Phi) is 9.04. The molecule has 2 aromatic carbocycles. The van der Waals surface area contributed by atoms with Gasteiger partial charge in [-0.1, -0.05) is 12.1 Å². The monoisotopic (exact) mass is 456 g/mol. The Hall–Kier alpha value is -3.63. The molecule has 0 atom stereocenters. The molecule has 2 amide bonds. The normalized spacial score (nSPS) is 14.0. The maximum atomic E-state index is 12.3. The van der Waals surface area contributed by atoms with Crippen molar-refractivity contribution in [1.29, 1.82) is 0 Å². The first-order chi connectivity index (χ1) is 16.1. The zero-order valence-corrected chi connectivity index (χ0v) is 18.7. The fourth-order valence-electron chi connectivity index (χ4n) is 3.14. The van der Waals surface area contributed by atoms with E-state index in [2.05, 4.69) is 15.8 Å². The largest absolute Gasteiger partial charge is 0.495 e. The summed E-state index contributed by atoms with van der Waals surface area (Å²) >= 11 is 0. The molecule has 0 saturated carbocycles. The van der Waals surface area contributed by atoms with Gasteiger partial charge in [0.2, 0.25) is 0 Å². The highest BCUT2D eigenvalue weighted by molar-refractivity contribution is 5.93. The van der Waals surface area contributed by atoms with Gasteiger partial charge in [0.25, 0.3) is 11.8 Å². The fraction of sp³-hybridized carbons (Fsp3) is 0.348. The maximum absolute atomic E-state index is 12.3. The number of carbonyl (C=O) groups excluding carboxylic acids is 2. The van der Waals surface area contributed by atoms with Crippen molar-refractivity contribution in [2.75, 3.05) is 59.0 Å². The van der Waals surface area contributed by atoms with E-state index in [9.17, 15) is 9.59 Å². The van der Waals surface area contributed by atoms with Crippen molar-refractivity contribution in [3.8, 4) is 17.2 Å². The van der Waals surface area contributed by atoms with Crippen molar-refractivity contribution in [2.24, 2.45) is 5.10 Å². The molecule has 176 valence electrons. The van der Waals surface area contributed by atoms with Crippen LogP contribution in [0.3, 0.4) is 0 Å². The predicted molar refractivity (Wildman–Crippen MR) is 123 cm³/mol. The lowest BCUT2D eigenvalue weighted by atomic mass is 10.2. The molecular weight excluding hydrogens is 428 g/mol. The van der Waals surface area contributed by atoms with E-state index in [4.69, 9.17) is 18.9 Å². The molecule has 0 unspecified atom stereocenters. The summed E-state index contributed by atoms with van der Waals surface area (Å²) < 4.78 is 21.5. The number of hydrogen-bond donors (Lipinski definition) is 2. The number of anilines is 1. The van der Waals surface area contributed by atoms with Crippen LogP contribution in [0.1, 0.15) is 5.56 Å². The molecule has 2 aromatic rings. The first-order valence-corrected chi connectivity index (χ1v) is 10.4. The van der Waals surface area contributed by atoms with Gasteiger partial charge in [-0.05, 0) is 35.9 Å². The highest BCUT2D eigenvalue weighted by Crippen LogP contribution is 2.28.